The maximum absolute atomic E-state index is 12.1. The van der Waals surface area contributed by atoms with Gasteiger partial charge in [0.2, 0.25) is 5.91 Å². The summed E-state index contributed by atoms with van der Waals surface area (Å²) in [5.41, 5.74) is 4.33. The third-order valence-corrected chi connectivity index (χ3v) is 5.03. The Labute approximate surface area is 161 Å². The Kier molecular flexibility index (Phi) is 6.85. The summed E-state index contributed by atoms with van der Waals surface area (Å²) in [6, 6.07) is 16.0. The van der Waals surface area contributed by atoms with E-state index >= 15 is 0 Å². The minimum atomic E-state index is -0.703. The van der Waals surface area contributed by atoms with Crippen LogP contribution in [0.25, 0.3) is 0 Å². The number of morpholine rings is 1. The van der Waals surface area contributed by atoms with E-state index in [9.17, 15) is 9.90 Å². The molecule has 0 aromatic heterocycles. The third-order valence-electron chi connectivity index (χ3n) is 5.03. The van der Waals surface area contributed by atoms with Crippen LogP contribution in [0.5, 0.6) is 0 Å². The summed E-state index contributed by atoms with van der Waals surface area (Å²) in [6.07, 6.45) is 0.433. The first-order valence-corrected chi connectivity index (χ1v) is 9.55. The molecule has 1 amide bonds. The molecule has 1 unspecified atom stereocenters. The van der Waals surface area contributed by atoms with Crippen molar-refractivity contribution in [2.45, 2.75) is 25.9 Å². The molecular formula is C22H28N2O3. The Morgan fingerprint density at radius 3 is 2.56 bits per heavy atom. The van der Waals surface area contributed by atoms with Crippen molar-refractivity contribution in [1.29, 1.82) is 0 Å². The first-order valence-electron chi connectivity index (χ1n) is 9.55. The summed E-state index contributed by atoms with van der Waals surface area (Å²) in [5, 5.41) is 13.2. The van der Waals surface area contributed by atoms with Crippen molar-refractivity contribution in [2.24, 2.45) is 0 Å². The fourth-order valence-corrected chi connectivity index (χ4v) is 3.28. The van der Waals surface area contributed by atoms with E-state index in [1.165, 1.54) is 11.1 Å². The molecular weight excluding hydrogens is 340 g/mol. The second-order valence-electron chi connectivity index (χ2n) is 6.94. The van der Waals surface area contributed by atoms with E-state index in [2.05, 4.69) is 23.2 Å². The summed E-state index contributed by atoms with van der Waals surface area (Å²) in [6.45, 7) is 5.55. The van der Waals surface area contributed by atoms with Gasteiger partial charge in [0.25, 0.3) is 0 Å². The summed E-state index contributed by atoms with van der Waals surface area (Å²) in [5.74, 6) is -0.0396. The number of aliphatic hydroxyl groups excluding tert-OH is 1. The number of carbonyl (C=O) groups excluding carboxylic acids is 1. The van der Waals surface area contributed by atoms with Crippen LogP contribution in [0.4, 0.5) is 5.69 Å². The van der Waals surface area contributed by atoms with Crippen molar-refractivity contribution in [3.8, 4) is 0 Å². The van der Waals surface area contributed by atoms with Crippen molar-refractivity contribution in [3.05, 3.63) is 65.2 Å². The number of aryl methyl sites for hydroxylation is 2. The van der Waals surface area contributed by atoms with Crippen LogP contribution in [0.3, 0.4) is 0 Å². The summed E-state index contributed by atoms with van der Waals surface area (Å²) < 4.78 is 5.37. The van der Waals surface area contributed by atoms with Gasteiger partial charge in [-0.15, -0.1) is 0 Å². The van der Waals surface area contributed by atoms with E-state index in [0.717, 1.165) is 37.6 Å². The van der Waals surface area contributed by atoms with E-state index in [-0.39, 0.29) is 12.5 Å². The zero-order valence-electron chi connectivity index (χ0n) is 15.9. The quantitative estimate of drug-likeness (QED) is 0.789. The zero-order chi connectivity index (χ0) is 19.1. The molecule has 1 atom stereocenters. The highest BCUT2D eigenvalue weighted by atomic mass is 16.5. The maximum Gasteiger partial charge on any atom is 0.220 e. The number of rotatable bonds is 7. The van der Waals surface area contributed by atoms with Crippen molar-refractivity contribution in [2.75, 3.05) is 37.7 Å². The Morgan fingerprint density at radius 2 is 1.85 bits per heavy atom. The highest BCUT2D eigenvalue weighted by Gasteiger charge is 2.13. The number of nitrogens with zero attached hydrogens (tertiary/aromatic N) is 1. The molecule has 0 aliphatic carbocycles. The molecule has 1 fully saturated rings. The predicted octanol–water partition coefficient (Wildman–Crippen LogP) is 2.61. The molecule has 2 N–H and O–H groups in total. The van der Waals surface area contributed by atoms with Gasteiger partial charge in [-0.1, -0.05) is 36.4 Å². The fourth-order valence-electron chi connectivity index (χ4n) is 3.28. The molecule has 1 saturated heterocycles. The number of ether oxygens (including phenoxy) is 1. The van der Waals surface area contributed by atoms with Gasteiger partial charge in [0, 0.05) is 31.7 Å². The second-order valence-corrected chi connectivity index (χ2v) is 6.94. The van der Waals surface area contributed by atoms with Crippen LogP contribution in [0, 0.1) is 6.92 Å². The lowest BCUT2D eigenvalue weighted by molar-refractivity contribution is -0.121. The zero-order valence-corrected chi connectivity index (χ0v) is 15.9. The molecule has 5 nitrogen and oxygen atoms in total. The Bertz CT molecular complexity index is 739. The van der Waals surface area contributed by atoms with Crippen LogP contribution in [0.15, 0.2) is 48.5 Å². The summed E-state index contributed by atoms with van der Waals surface area (Å²) in [4.78, 5) is 14.4. The molecule has 2 aromatic rings. The Hall–Kier alpha value is -2.37. The van der Waals surface area contributed by atoms with Gasteiger partial charge >= 0.3 is 0 Å². The average Bonchev–Trinajstić information content (AvgIpc) is 2.72. The SMILES string of the molecule is Cc1ccccc1CCC(=O)NCC(O)c1ccc(N2CCOCC2)cc1. The van der Waals surface area contributed by atoms with Crippen molar-refractivity contribution in [3.63, 3.8) is 0 Å². The number of carbonyl (C=O) groups is 1. The molecule has 144 valence electrons. The van der Waals surface area contributed by atoms with Crippen LogP contribution in [-0.2, 0) is 16.0 Å². The van der Waals surface area contributed by atoms with Gasteiger partial charge in [-0.3, -0.25) is 4.79 Å². The number of nitrogens with one attached hydrogen (secondary N) is 1. The van der Waals surface area contributed by atoms with Crippen LogP contribution < -0.4 is 10.2 Å². The Morgan fingerprint density at radius 1 is 1.15 bits per heavy atom. The van der Waals surface area contributed by atoms with E-state index in [4.69, 9.17) is 4.74 Å². The number of aliphatic hydroxyl groups is 1. The molecule has 27 heavy (non-hydrogen) atoms. The monoisotopic (exact) mass is 368 g/mol. The van der Waals surface area contributed by atoms with Gasteiger partial charge in [0.1, 0.15) is 0 Å². The van der Waals surface area contributed by atoms with E-state index < -0.39 is 6.10 Å². The van der Waals surface area contributed by atoms with Gasteiger partial charge in [-0.25, -0.2) is 0 Å². The molecule has 3 rings (SSSR count). The normalized spacial score (nSPS) is 15.4. The fraction of sp³-hybridized carbons (Fsp3) is 0.409. The highest BCUT2D eigenvalue weighted by molar-refractivity contribution is 5.76. The summed E-state index contributed by atoms with van der Waals surface area (Å²) in [7, 11) is 0. The lowest BCUT2D eigenvalue weighted by Gasteiger charge is -2.29. The van der Waals surface area contributed by atoms with Crippen molar-refractivity contribution < 1.29 is 14.6 Å². The number of amides is 1. The van der Waals surface area contributed by atoms with Gasteiger partial charge in [-0.05, 0) is 42.2 Å². The van der Waals surface area contributed by atoms with E-state index in [0.29, 0.717) is 12.8 Å². The van der Waals surface area contributed by atoms with Gasteiger partial charge in [-0.2, -0.15) is 0 Å². The largest absolute Gasteiger partial charge is 0.387 e. The molecule has 0 bridgehead atoms. The number of hydrogen-bond donors (Lipinski definition) is 2. The van der Waals surface area contributed by atoms with Crippen molar-refractivity contribution in [1.82, 2.24) is 5.32 Å². The number of anilines is 1. The van der Waals surface area contributed by atoms with E-state index in [1.807, 2.05) is 42.5 Å². The lowest BCUT2D eigenvalue weighted by atomic mass is 10.0. The molecule has 1 aliphatic rings. The van der Waals surface area contributed by atoms with Crippen LogP contribution >= 0.6 is 0 Å². The second kappa shape index (κ2) is 9.53. The molecule has 0 radical (unpaired) electrons. The number of hydrogen-bond acceptors (Lipinski definition) is 4. The minimum absolute atomic E-state index is 0.0396. The van der Waals surface area contributed by atoms with Crippen LogP contribution in [0.1, 0.15) is 29.2 Å². The van der Waals surface area contributed by atoms with Gasteiger partial charge < -0.3 is 20.1 Å². The third kappa shape index (κ3) is 5.55. The topological polar surface area (TPSA) is 61.8 Å². The standard InChI is InChI=1S/C22H28N2O3/c1-17-4-2-3-5-18(17)8-11-22(26)23-16-21(25)19-6-9-20(10-7-19)24-12-14-27-15-13-24/h2-7,9-10,21,25H,8,11-16H2,1H3,(H,23,26). The Balaban J connectivity index is 1.45. The van der Waals surface area contributed by atoms with E-state index in [1.54, 1.807) is 0 Å². The molecule has 0 spiro atoms. The molecule has 1 heterocycles. The van der Waals surface area contributed by atoms with Crippen LogP contribution in [0.2, 0.25) is 0 Å². The number of benzene rings is 2. The molecule has 1 aliphatic heterocycles. The van der Waals surface area contributed by atoms with Gasteiger partial charge in [0.15, 0.2) is 0 Å². The predicted molar refractivity (Wildman–Crippen MR) is 107 cm³/mol. The maximum atomic E-state index is 12.1. The molecule has 5 heteroatoms. The van der Waals surface area contributed by atoms with Gasteiger partial charge in [0.05, 0.1) is 19.3 Å². The summed E-state index contributed by atoms with van der Waals surface area (Å²) >= 11 is 0. The molecule has 2 aromatic carbocycles. The smallest absolute Gasteiger partial charge is 0.220 e. The van der Waals surface area contributed by atoms with Crippen LogP contribution in [-0.4, -0.2) is 43.9 Å². The minimum Gasteiger partial charge on any atom is -0.387 e. The first kappa shape index (κ1) is 19.4. The average molecular weight is 368 g/mol. The molecule has 0 saturated carbocycles. The lowest BCUT2D eigenvalue weighted by Crippen LogP contribution is -2.36. The first-order chi connectivity index (χ1) is 13.1. The highest BCUT2D eigenvalue weighted by Crippen LogP contribution is 2.20. The van der Waals surface area contributed by atoms with Crippen molar-refractivity contribution >= 4 is 11.6 Å².